The van der Waals surface area contributed by atoms with Crippen molar-refractivity contribution in [1.29, 1.82) is 0 Å². The first-order valence-electron chi connectivity index (χ1n) is 9.30. The summed E-state index contributed by atoms with van der Waals surface area (Å²) in [4.78, 5) is 14.2. The van der Waals surface area contributed by atoms with Gasteiger partial charge in [-0.15, -0.1) is 0 Å². The standard InChI is InChI=1S/C21H25FN2O3/c1-2-26-19-8-3-4-9-20(19)27-18-10-12-24(13-11-18)15-21(25)23-17-7-5-6-16(22)14-17/h3-9,14,18H,2,10-13,15H2,1H3,(H,23,25). The largest absolute Gasteiger partial charge is 0.490 e. The van der Waals surface area contributed by atoms with Gasteiger partial charge >= 0.3 is 0 Å². The molecule has 2 aromatic rings. The second kappa shape index (κ2) is 9.37. The zero-order chi connectivity index (χ0) is 19.1. The number of ether oxygens (including phenoxy) is 2. The summed E-state index contributed by atoms with van der Waals surface area (Å²) in [6.45, 7) is 4.39. The second-order valence-corrected chi connectivity index (χ2v) is 6.53. The fraction of sp³-hybridized carbons (Fsp3) is 0.381. The van der Waals surface area contributed by atoms with E-state index in [0.717, 1.165) is 37.4 Å². The zero-order valence-electron chi connectivity index (χ0n) is 15.5. The van der Waals surface area contributed by atoms with Gasteiger partial charge < -0.3 is 14.8 Å². The van der Waals surface area contributed by atoms with Gasteiger partial charge in [0.25, 0.3) is 0 Å². The number of anilines is 1. The van der Waals surface area contributed by atoms with Crippen molar-refractivity contribution in [3.63, 3.8) is 0 Å². The van der Waals surface area contributed by atoms with Crippen molar-refractivity contribution in [3.8, 4) is 11.5 Å². The van der Waals surface area contributed by atoms with Crippen LogP contribution < -0.4 is 14.8 Å². The molecule has 0 saturated carbocycles. The maximum Gasteiger partial charge on any atom is 0.238 e. The molecule has 0 aromatic heterocycles. The topological polar surface area (TPSA) is 50.8 Å². The van der Waals surface area contributed by atoms with Crippen LogP contribution in [0.4, 0.5) is 10.1 Å². The SMILES string of the molecule is CCOc1ccccc1OC1CCN(CC(=O)Nc2cccc(F)c2)CC1. The summed E-state index contributed by atoms with van der Waals surface area (Å²) in [5.74, 6) is 1.03. The molecule has 0 aliphatic carbocycles. The van der Waals surface area contributed by atoms with Gasteiger partial charge in [0.15, 0.2) is 11.5 Å². The molecule has 144 valence electrons. The molecule has 1 aliphatic heterocycles. The van der Waals surface area contributed by atoms with Gasteiger partial charge in [-0.1, -0.05) is 18.2 Å². The Bertz CT molecular complexity index is 761. The third kappa shape index (κ3) is 5.69. The van der Waals surface area contributed by atoms with E-state index < -0.39 is 0 Å². The molecule has 27 heavy (non-hydrogen) atoms. The van der Waals surface area contributed by atoms with E-state index in [0.29, 0.717) is 18.8 Å². The van der Waals surface area contributed by atoms with Crippen molar-refractivity contribution in [3.05, 3.63) is 54.3 Å². The lowest BCUT2D eigenvalue weighted by Crippen LogP contribution is -2.42. The molecule has 0 atom stereocenters. The van der Waals surface area contributed by atoms with Crippen molar-refractivity contribution in [2.75, 3.05) is 31.6 Å². The Morgan fingerprint density at radius 1 is 1.15 bits per heavy atom. The number of carbonyl (C=O) groups excluding carboxylic acids is 1. The predicted molar refractivity (Wildman–Crippen MR) is 103 cm³/mol. The molecule has 1 N–H and O–H groups in total. The molecular formula is C21H25FN2O3. The van der Waals surface area contributed by atoms with E-state index in [1.165, 1.54) is 12.1 Å². The summed E-state index contributed by atoms with van der Waals surface area (Å²) in [5.41, 5.74) is 0.478. The molecular weight excluding hydrogens is 347 g/mol. The summed E-state index contributed by atoms with van der Waals surface area (Å²) in [6, 6.07) is 13.6. The lowest BCUT2D eigenvalue weighted by atomic mass is 10.1. The Morgan fingerprint density at radius 3 is 2.59 bits per heavy atom. The van der Waals surface area contributed by atoms with Crippen molar-refractivity contribution in [2.45, 2.75) is 25.9 Å². The number of piperidine rings is 1. The van der Waals surface area contributed by atoms with Crippen LogP contribution in [0.25, 0.3) is 0 Å². The third-order valence-corrected chi connectivity index (χ3v) is 4.45. The van der Waals surface area contributed by atoms with Gasteiger partial charge in [-0.25, -0.2) is 4.39 Å². The smallest absolute Gasteiger partial charge is 0.238 e. The second-order valence-electron chi connectivity index (χ2n) is 6.53. The molecule has 1 saturated heterocycles. The summed E-state index contributed by atoms with van der Waals surface area (Å²) < 4.78 is 24.9. The first-order valence-corrected chi connectivity index (χ1v) is 9.30. The van der Waals surface area contributed by atoms with Crippen LogP contribution in [0.5, 0.6) is 11.5 Å². The Kier molecular flexibility index (Phi) is 6.65. The van der Waals surface area contributed by atoms with E-state index in [1.54, 1.807) is 12.1 Å². The normalized spacial score (nSPS) is 15.3. The van der Waals surface area contributed by atoms with Gasteiger partial charge in [-0.05, 0) is 50.1 Å². The van der Waals surface area contributed by atoms with Gasteiger partial charge in [0.05, 0.1) is 13.2 Å². The van der Waals surface area contributed by atoms with E-state index >= 15 is 0 Å². The van der Waals surface area contributed by atoms with Gasteiger partial charge in [0, 0.05) is 18.8 Å². The fourth-order valence-corrected chi connectivity index (χ4v) is 3.16. The number of benzene rings is 2. The van der Waals surface area contributed by atoms with Gasteiger partial charge in [0.2, 0.25) is 5.91 Å². The fourth-order valence-electron chi connectivity index (χ4n) is 3.16. The van der Waals surface area contributed by atoms with Crippen molar-refractivity contribution >= 4 is 11.6 Å². The third-order valence-electron chi connectivity index (χ3n) is 4.45. The summed E-state index contributed by atoms with van der Waals surface area (Å²) in [6.07, 6.45) is 1.79. The number of nitrogens with zero attached hydrogens (tertiary/aromatic N) is 1. The highest BCUT2D eigenvalue weighted by atomic mass is 19.1. The summed E-state index contributed by atoms with van der Waals surface area (Å²) >= 11 is 0. The highest BCUT2D eigenvalue weighted by Gasteiger charge is 2.23. The van der Waals surface area contributed by atoms with E-state index in [4.69, 9.17) is 9.47 Å². The highest BCUT2D eigenvalue weighted by molar-refractivity contribution is 5.92. The maximum absolute atomic E-state index is 13.2. The number of likely N-dealkylation sites (tertiary alicyclic amines) is 1. The van der Waals surface area contributed by atoms with E-state index in [9.17, 15) is 9.18 Å². The lowest BCUT2D eigenvalue weighted by molar-refractivity contribution is -0.117. The van der Waals surface area contributed by atoms with E-state index in [1.807, 2.05) is 31.2 Å². The number of amides is 1. The van der Waals surface area contributed by atoms with Crippen molar-refractivity contribution in [1.82, 2.24) is 4.90 Å². The molecule has 1 fully saturated rings. The first kappa shape index (κ1) is 19.2. The van der Waals surface area contributed by atoms with Gasteiger partial charge in [0.1, 0.15) is 11.9 Å². The van der Waals surface area contributed by atoms with Crippen LogP contribution >= 0.6 is 0 Å². The van der Waals surface area contributed by atoms with Gasteiger partial charge in [-0.2, -0.15) is 0 Å². The minimum atomic E-state index is -0.363. The average molecular weight is 372 g/mol. The van der Waals surface area contributed by atoms with E-state index in [2.05, 4.69) is 10.2 Å². The van der Waals surface area contributed by atoms with Crippen LogP contribution in [0.15, 0.2) is 48.5 Å². The summed E-state index contributed by atoms with van der Waals surface area (Å²) in [7, 11) is 0. The van der Waals surface area contributed by atoms with Crippen LogP contribution in [0.1, 0.15) is 19.8 Å². The molecule has 1 heterocycles. The molecule has 0 spiro atoms. The van der Waals surface area contributed by atoms with Crippen LogP contribution in [0.2, 0.25) is 0 Å². The minimum Gasteiger partial charge on any atom is -0.490 e. The van der Waals surface area contributed by atoms with Crippen LogP contribution in [0, 0.1) is 5.82 Å². The maximum atomic E-state index is 13.2. The lowest BCUT2D eigenvalue weighted by Gasteiger charge is -2.32. The van der Waals surface area contributed by atoms with E-state index in [-0.39, 0.29) is 17.8 Å². The monoisotopic (exact) mass is 372 g/mol. The first-order chi connectivity index (χ1) is 13.1. The number of halogens is 1. The zero-order valence-corrected chi connectivity index (χ0v) is 15.5. The molecule has 0 bridgehead atoms. The molecule has 1 aliphatic rings. The van der Waals surface area contributed by atoms with Crippen LogP contribution in [-0.2, 0) is 4.79 Å². The van der Waals surface area contributed by atoms with Gasteiger partial charge in [-0.3, -0.25) is 9.69 Å². The molecule has 2 aromatic carbocycles. The molecule has 0 unspecified atom stereocenters. The minimum absolute atomic E-state index is 0.106. The molecule has 1 amide bonds. The average Bonchev–Trinajstić information content (AvgIpc) is 2.65. The Labute approximate surface area is 159 Å². The Morgan fingerprint density at radius 2 is 1.89 bits per heavy atom. The molecule has 5 nitrogen and oxygen atoms in total. The van der Waals surface area contributed by atoms with Crippen LogP contribution in [0.3, 0.4) is 0 Å². The molecule has 3 rings (SSSR count). The number of rotatable bonds is 7. The Balaban J connectivity index is 1.45. The number of hydrogen-bond donors (Lipinski definition) is 1. The number of nitrogens with one attached hydrogen (secondary N) is 1. The van der Waals surface area contributed by atoms with Crippen molar-refractivity contribution < 1.29 is 18.7 Å². The number of carbonyl (C=O) groups is 1. The Hall–Kier alpha value is -2.60. The number of para-hydroxylation sites is 2. The molecule has 6 heteroatoms. The van der Waals surface area contributed by atoms with Crippen molar-refractivity contribution in [2.24, 2.45) is 0 Å². The summed E-state index contributed by atoms with van der Waals surface area (Å²) in [5, 5.41) is 2.73. The highest BCUT2D eigenvalue weighted by Crippen LogP contribution is 2.29. The van der Waals surface area contributed by atoms with Crippen LogP contribution in [-0.4, -0.2) is 43.2 Å². The number of hydrogen-bond acceptors (Lipinski definition) is 4. The predicted octanol–water partition coefficient (Wildman–Crippen LogP) is 3.71. The molecule has 0 radical (unpaired) electrons. The quantitative estimate of drug-likeness (QED) is 0.805.